The van der Waals surface area contributed by atoms with Gasteiger partial charge in [0.25, 0.3) is 0 Å². The maximum Gasteiger partial charge on any atom is 0.365 e. The summed E-state index contributed by atoms with van der Waals surface area (Å²) < 4.78 is 5.10. The zero-order valence-corrected chi connectivity index (χ0v) is 10.1. The second-order valence-electron chi connectivity index (χ2n) is 4.41. The van der Waals surface area contributed by atoms with Crippen LogP contribution in [0.5, 0.6) is 0 Å². The van der Waals surface area contributed by atoms with Gasteiger partial charge in [0.1, 0.15) is 11.5 Å². The van der Waals surface area contributed by atoms with E-state index in [9.17, 15) is 14.7 Å². The molecule has 0 saturated heterocycles. The number of esters is 1. The van der Waals surface area contributed by atoms with Crippen LogP contribution in [0.2, 0.25) is 0 Å². The van der Waals surface area contributed by atoms with Crippen molar-refractivity contribution in [1.29, 1.82) is 0 Å². The molecule has 1 unspecified atom stereocenters. The zero-order chi connectivity index (χ0) is 13.1. The number of carbonyl (C=O) groups is 2. The largest absolute Gasteiger partial charge is 0.456 e. The third kappa shape index (κ3) is 3.06. The van der Waals surface area contributed by atoms with Crippen molar-refractivity contribution < 1.29 is 19.4 Å². The first-order valence-corrected chi connectivity index (χ1v) is 5.29. The van der Waals surface area contributed by atoms with Crippen LogP contribution in [0.1, 0.15) is 32.4 Å². The molecule has 0 aliphatic carbocycles. The normalized spacial score (nSPS) is 12.9. The molecule has 4 nitrogen and oxygen atoms in total. The average molecular weight is 235 g/mol. The van der Waals surface area contributed by atoms with Crippen LogP contribution in [0.15, 0.2) is 30.3 Å². The number of hydrogen-bond acceptors (Lipinski definition) is 3. The summed E-state index contributed by atoms with van der Waals surface area (Å²) in [5, 5.41) is 11.1. The van der Waals surface area contributed by atoms with E-state index in [4.69, 9.17) is 4.74 Å². The van der Waals surface area contributed by atoms with E-state index < -0.39 is 23.5 Å². The van der Waals surface area contributed by atoms with Crippen LogP contribution >= 0.6 is 0 Å². The second-order valence-corrected chi connectivity index (χ2v) is 4.41. The molecule has 0 spiro atoms. The lowest BCUT2D eigenvalue weighted by atomic mass is 9.82. The minimum Gasteiger partial charge on any atom is -0.456 e. The van der Waals surface area contributed by atoms with E-state index in [1.165, 1.54) is 20.8 Å². The lowest BCUT2D eigenvalue weighted by Gasteiger charge is -2.29. The molecule has 1 atom stereocenters. The molecule has 0 aliphatic heterocycles. The number of carbonyl (C=O) groups excluding carboxylic acids is 2. The molecule has 1 aromatic carbocycles. The summed E-state index contributed by atoms with van der Waals surface area (Å²) in [5.41, 5.74) is -0.649. The Morgan fingerprint density at radius 1 is 1.18 bits per heavy atom. The Bertz CT molecular complexity index is 409. The Morgan fingerprint density at radius 2 is 1.71 bits per heavy atom. The molecule has 0 bridgehead atoms. The van der Waals surface area contributed by atoms with Crippen molar-refractivity contribution in [3.8, 4) is 0 Å². The van der Waals surface area contributed by atoms with Crippen molar-refractivity contribution in [3.05, 3.63) is 35.9 Å². The monoisotopic (exact) mass is 235 g/mol. The minimum atomic E-state index is -1.28. The topological polar surface area (TPSA) is 63.3 Å². The molecule has 0 saturated carbocycles. The van der Waals surface area contributed by atoms with Crippen molar-refractivity contribution in [2.75, 3.05) is 0 Å². The van der Waals surface area contributed by atoms with Crippen LogP contribution < -0.4 is 0 Å². The minimum absolute atomic E-state index is 0.520. The molecule has 0 fully saturated rings. The van der Waals surface area contributed by atoms with Gasteiger partial charge in [0.15, 0.2) is 0 Å². The SMILES string of the molecule is CC(=O)OC(c1ccccc1)C(C)(C)C([O])=O. The predicted octanol–water partition coefficient (Wildman–Crippen LogP) is 2.27. The van der Waals surface area contributed by atoms with Crippen LogP contribution in [0.25, 0.3) is 0 Å². The van der Waals surface area contributed by atoms with Crippen LogP contribution in [-0.2, 0) is 19.4 Å². The molecule has 4 heteroatoms. The molecule has 0 aromatic heterocycles. The van der Waals surface area contributed by atoms with Crippen LogP contribution in [0.3, 0.4) is 0 Å². The van der Waals surface area contributed by atoms with Crippen molar-refractivity contribution in [3.63, 3.8) is 0 Å². The highest BCUT2D eigenvalue weighted by Gasteiger charge is 2.41. The van der Waals surface area contributed by atoms with E-state index in [0.717, 1.165) is 0 Å². The molecule has 0 amide bonds. The van der Waals surface area contributed by atoms with Gasteiger partial charge in [0.2, 0.25) is 0 Å². The fourth-order valence-corrected chi connectivity index (χ4v) is 1.53. The summed E-state index contributed by atoms with van der Waals surface area (Å²) in [7, 11) is 0. The first-order valence-electron chi connectivity index (χ1n) is 5.29. The molecule has 17 heavy (non-hydrogen) atoms. The van der Waals surface area contributed by atoms with E-state index in [0.29, 0.717) is 5.56 Å². The second kappa shape index (κ2) is 4.99. The van der Waals surface area contributed by atoms with E-state index >= 15 is 0 Å². The van der Waals surface area contributed by atoms with Gasteiger partial charge >= 0.3 is 11.9 Å². The van der Waals surface area contributed by atoms with Gasteiger partial charge in [-0.1, -0.05) is 30.3 Å². The Hall–Kier alpha value is -1.84. The highest BCUT2D eigenvalue weighted by Crippen LogP contribution is 2.37. The smallest absolute Gasteiger partial charge is 0.365 e. The van der Waals surface area contributed by atoms with E-state index in [2.05, 4.69) is 0 Å². The third-order valence-corrected chi connectivity index (χ3v) is 2.57. The number of rotatable bonds is 4. The number of ether oxygens (including phenoxy) is 1. The Labute approximate surface area is 100 Å². The first-order chi connectivity index (χ1) is 7.85. The Kier molecular flexibility index (Phi) is 3.89. The van der Waals surface area contributed by atoms with Gasteiger partial charge < -0.3 is 4.74 Å². The summed E-state index contributed by atoms with van der Waals surface area (Å²) in [4.78, 5) is 22.2. The van der Waals surface area contributed by atoms with Gasteiger partial charge in [-0.3, -0.25) is 4.79 Å². The maximum atomic E-state index is 11.1. The van der Waals surface area contributed by atoms with Gasteiger partial charge in [-0.25, -0.2) is 9.90 Å². The van der Waals surface area contributed by atoms with Gasteiger partial charge in [0.05, 0.1) is 0 Å². The first kappa shape index (κ1) is 13.2. The van der Waals surface area contributed by atoms with Gasteiger partial charge in [-0.15, -0.1) is 0 Å². The molecule has 91 valence electrons. The summed E-state index contributed by atoms with van der Waals surface area (Å²) in [6.45, 7) is 4.20. The van der Waals surface area contributed by atoms with Crippen LogP contribution in [0, 0.1) is 5.41 Å². The molecule has 1 rings (SSSR count). The Balaban J connectivity index is 3.13. The Morgan fingerprint density at radius 3 is 2.12 bits per heavy atom. The molecular weight excluding hydrogens is 220 g/mol. The summed E-state index contributed by atoms with van der Waals surface area (Å²) in [6, 6.07) is 8.77. The fraction of sp³-hybridized carbons (Fsp3) is 0.385. The maximum absolute atomic E-state index is 11.1. The van der Waals surface area contributed by atoms with E-state index in [-0.39, 0.29) is 0 Å². The summed E-state index contributed by atoms with van der Waals surface area (Å²) in [6.07, 6.45) is -0.855. The van der Waals surface area contributed by atoms with Gasteiger partial charge in [-0.05, 0) is 19.4 Å². The molecule has 0 heterocycles. The van der Waals surface area contributed by atoms with E-state index in [1.807, 2.05) is 0 Å². The lowest BCUT2D eigenvalue weighted by molar-refractivity contribution is -0.169. The lowest BCUT2D eigenvalue weighted by Crippen LogP contribution is -2.33. The molecule has 1 aromatic rings. The van der Waals surface area contributed by atoms with Crippen LogP contribution in [0.4, 0.5) is 0 Å². The van der Waals surface area contributed by atoms with Crippen molar-refractivity contribution in [2.24, 2.45) is 5.41 Å². The van der Waals surface area contributed by atoms with E-state index in [1.54, 1.807) is 30.3 Å². The summed E-state index contributed by atoms with van der Waals surface area (Å²) in [5.74, 6) is -1.78. The highest BCUT2D eigenvalue weighted by atomic mass is 16.5. The molecule has 0 aliphatic rings. The number of hydrogen-bond donors (Lipinski definition) is 0. The fourth-order valence-electron chi connectivity index (χ4n) is 1.53. The molecule has 1 radical (unpaired) electrons. The average Bonchev–Trinajstić information content (AvgIpc) is 2.26. The molecular formula is C13H15O4. The van der Waals surface area contributed by atoms with Gasteiger partial charge in [-0.2, -0.15) is 0 Å². The number of benzene rings is 1. The van der Waals surface area contributed by atoms with Gasteiger partial charge in [0, 0.05) is 6.92 Å². The quantitative estimate of drug-likeness (QED) is 0.752. The third-order valence-electron chi connectivity index (χ3n) is 2.57. The highest BCUT2D eigenvalue weighted by molar-refractivity contribution is 5.75. The predicted molar refractivity (Wildman–Crippen MR) is 60.4 cm³/mol. The van der Waals surface area contributed by atoms with Crippen molar-refractivity contribution in [1.82, 2.24) is 0 Å². The van der Waals surface area contributed by atoms with Crippen molar-refractivity contribution in [2.45, 2.75) is 26.9 Å². The van der Waals surface area contributed by atoms with Crippen molar-refractivity contribution >= 4 is 11.9 Å². The summed E-state index contributed by atoms with van der Waals surface area (Å²) >= 11 is 0. The van der Waals surface area contributed by atoms with Crippen LogP contribution in [-0.4, -0.2) is 11.9 Å². The zero-order valence-electron chi connectivity index (χ0n) is 10.1. The molecule has 0 N–H and O–H groups in total. The standard InChI is InChI=1S/C13H15O4/c1-9(14)17-11(13(2,3)12(15)16)10-7-5-4-6-8-10/h4-8,11H,1-3H3.